The van der Waals surface area contributed by atoms with E-state index in [4.69, 9.17) is 24.7 Å². The van der Waals surface area contributed by atoms with E-state index in [1.807, 2.05) is 58.4 Å². The van der Waals surface area contributed by atoms with Gasteiger partial charge in [0.15, 0.2) is 11.5 Å². The van der Waals surface area contributed by atoms with Gasteiger partial charge in [0.2, 0.25) is 0 Å². The maximum absolute atomic E-state index is 15.7. The maximum Gasteiger partial charge on any atom is 0.182 e. The first-order valence-electron chi connectivity index (χ1n) is 12.6. The Morgan fingerprint density at radius 2 is 1.61 bits per heavy atom. The summed E-state index contributed by atoms with van der Waals surface area (Å²) in [6.45, 7) is 8.55. The lowest BCUT2D eigenvalue weighted by Gasteiger charge is -2.29. The van der Waals surface area contributed by atoms with Gasteiger partial charge in [-0.1, -0.05) is 6.07 Å². The molecule has 4 heterocycles. The van der Waals surface area contributed by atoms with Crippen molar-refractivity contribution in [3.05, 3.63) is 71.6 Å². The van der Waals surface area contributed by atoms with Crippen LogP contribution in [0, 0.1) is 26.6 Å². The first-order valence-corrected chi connectivity index (χ1v) is 12.6. The Bertz CT molecular complexity index is 1670. The molecule has 38 heavy (non-hydrogen) atoms. The van der Waals surface area contributed by atoms with E-state index in [0.29, 0.717) is 41.5 Å². The predicted molar refractivity (Wildman–Crippen MR) is 145 cm³/mol. The number of hydrogen-bond donors (Lipinski definition) is 0. The van der Waals surface area contributed by atoms with E-state index in [2.05, 4.69) is 16.1 Å². The molecular weight excluding hydrogens is 481 g/mol. The third-order valence-electron chi connectivity index (χ3n) is 6.90. The molecule has 1 fully saturated rings. The lowest BCUT2D eigenvalue weighted by molar-refractivity contribution is 0.122. The predicted octanol–water partition coefficient (Wildman–Crippen LogP) is 5.06. The molecule has 192 valence electrons. The molecule has 0 spiro atoms. The van der Waals surface area contributed by atoms with E-state index in [0.717, 1.165) is 52.4 Å². The number of hydrogen-bond acceptors (Lipinski definition) is 7. The van der Waals surface area contributed by atoms with Gasteiger partial charge in [0, 0.05) is 48.7 Å². The van der Waals surface area contributed by atoms with Crippen molar-refractivity contribution in [2.45, 2.75) is 20.8 Å². The molecule has 0 saturated carbocycles. The Morgan fingerprint density at radius 1 is 0.842 bits per heavy atom. The molecule has 0 unspecified atom stereocenters. The minimum Gasteiger partial charge on any atom is -0.378 e. The summed E-state index contributed by atoms with van der Waals surface area (Å²) in [4.78, 5) is 21.2. The maximum atomic E-state index is 15.7. The molecule has 9 heteroatoms. The lowest BCUT2D eigenvalue weighted by atomic mass is 10.0. The molecular formula is C29H28FN7O. The van der Waals surface area contributed by atoms with Crippen molar-refractivity contribution in [3.8, 4) is 33.8 Å². The number of halogens is 1. The average molecular weight is 510 g/mol. The van der Waals surface area contributed by atoms with Crippen molar-refractivity contribution in [1.82, 2.24) is 29.7 Å². The summed E-state index contributed by atoms with van der Waals surface area (Å²) >= 11 is 0. The van der Waals surface area contributed by atoms with E-state index in [1.165, 1.54) is 0 Å². The van der Waals surface area contributed by atoms with Gasteiger partial charge in [0.05, 0.1) is 30.8 Å². The van der Waals surface area contributed by atoms with Gasteiger partial charge in [0.1, 0.15) is 17.0 Å². The van der Waals surface area contributed by atoms with Crippen LogP contribution in [0.2, 0.25) is 0 Å². The zero-order chi connectivity index (χ0) is 26.4. The second-order valence-corrected chi connectivity index (χ2v) is 9.72. The molecule has 3 aromatic heterocycles. The van der Waals surface area contributed by atoms with Crippen LogP contribution in [0.3, 0.4) is 0 Å². The number of ether oxygens (including phenoxy) is 1. The average Bonchev–Trinajstić information content (AvgIpc) is 3.35. The molecule has 0 aliphatic carbocycles. The third-order valence-corrected chi connectivity index (χ3v) is 6.90. The van der Waals surface area contributed by atoms with Crippen LogP contribution in [0.25, 0.3) is 44.9 Å². The van der Waals surface area contributed by atoms with Gasteiger partial charge in [0.25, 0.3) is 0 Å². The smallest absolute Gasteiger partial charge is 0.182 e. The van der Waals surface area contributed by atoms with Crippen LogP contribution in [0.15, 0.2) is 48.8 Å². The van der Waals surface area contributed by atoms with E-state index >= 15 is 4.39 Å². The summed E-state index contributed by atoms with van der Waals surface area (Å²) in [5.41, 5.74) is 7.95. The summed E-state index contributed by atoms with van der Waals surface area (Å²) < 4.78 is 22.9. The van der Waals surface area contributed by atoms with E-state index in [1.54, 1.807) is 16.8 Å². The van der Waals surface area contributed by atoms with E-state index < -0.39 is 0 Å². The van der Waals surface area contributed by atoms with Crippen LogP contribution in [0.4, 0.5) is 10.1 Å². The Balaban J connectivity index is 1.52. The van der Waals surface area contributed by atoms with Crippen LogP contribution in [-0.4, -0.2) is 56.0 Å². The van der Waals surface area contributed by atoms with Crippen LogP contribution in [-0.2, 0) is 11.8 Å². The molecule has 1 aliphatic rings. The number of nitrogens with zero attached hydrogens (tertiary/aromatic N) is 7. The van der Waals surface area contributed by atoms with Crippen LogP contribution < -0.4 is 4.90 Å². The number of anilines is 1. The number of aryl methyl sites for hydroxylation is 4. The van der Waals surface area contributed by atoms with Crippen molar-refractivity contribution in [3.63, 3.8) is 0 Å². The molecule has 0 radical (unpaired) electrons. The van der Waals surface area contributed by atoms with Crippen molar-refractivity contribution in [2.24, 2.45) is 7.05 Å². The first kappa shape index (κ1) is 24.1. The molecule has 0 bridgehead atoms. The first-order chi connectivity index (χ1) is 18.4. The SMILES string of the molecule is Cc1cc(-c2cnn(C)c2)cc(-c2nc(-c3ccc(N4CCOCC4)cc3F)c3nc(C)c(C)nc3n2)c1. The van der Waals surface area contributed by atoms with Crippen molar-refractivity contribution < 1.29 is 9.13 Å². The van der Waals surface area contributed by atoms with Gasteiger partial charge in [-0.3, -0.25) is 4.68 Å². The van der Waals surface area contributed by atoms with Gasteiger partial charge >= 0.3 is 0 Å². The fraction of sp³-hybridized carbons (Fsp3) is 0.276. The molecule has 5 aromatic rings. The Labute approximate surface area is 220 Å². The van der Waals surface area contributed by atoms with Gasteiger partial charge in [-0.25, -0.2) is 24.3 Å². The minimum absolute atomic E-state index is 0.361. The number of aromatic nitrogens is 6. The zero-order valence-electron chi connectivity index (χ0n) is 21.9. The van der Waals surface area contributed by atoms with Gasteiger partial charge in [-0.05, 0) is 62.2 Å². The van der Waals surface area contributed by atoms with E-state index in [9.17, 15) is 0 Å². The van der Waals surface area contributed by atoms with E-state index in [-0.39, 0.29) is 5.82 Å². The summed E-state index contributed by atoms with van der Waals surface area (Å²) in [5.74, 6) is 0.107. The topological polar surface area (TPSA) is 81.9 Å². The van der Waals surface area contributed by atoms with Crippen LogP contribution in [0.1, 0.15) is 17.0 Å². The quantitative estimate of drug-likeness (QED) is 0.335. The number of benzene rings is 2. The highest BCUT2D eigenvalue weighted by atomic mass is 19.1. The lowest BCUT2D eigenvalue weighted by Crippen LogP contribution is -2.36. The van der Waals surface area contributed by atoms with Crippen molar-refractivity contribution in [2.75, 3.05) is 31.2 Å². The molecule has 0 N–H and O–H groups in total. The standard InChI is InChI=1S/C29H28FN7O/c1-17-11-20(22-15-31-36(4)16-22)13-21(12-17)28-34-26(27-29(35-28)33-19(3)18(2)32-27)24-6-5-23(14-25(24)30)37-7-9-38-10-8-37/h5-6,11-16H,7-10H2,1-4H3. The summed E-state index contributed by atoms with van der Waals surface area (Å²) in [6, 6.07) is 11.4. The number of fused-ring (bicyclic) bond motifs is 1. The normalized spacial score (nSPS) is 13.9. The minimum atomic E-state index is -0.361. The number of rotatable bonds is 4. The monoisotopic (exact) mass is 509 g/mol. The molecule has 8 nitrogen and oxygen atoms in total. The molecule has 6 rings (SSSR count). The molecule has 2 aromatic carbocycles. The third kappa shape index (κ3) is 4.50. The Hall–Kier alpha value is -4.24. The van der Waals surface area contributed by atoms with Gasteiger partial charge < -0.3 is 9.64 Å². The van der Waals surface area contributed by atoms with Crippen LogP contribution >= 0.6 is 0 Å². The summed E-state index contributed by atoms with van der Waals surface area (Å²) in [6.07, 6.45) is 3.79. The second kappa shape index (κ2) is 9.57. The fourth-order valence-electron chi connectivity index (χ4n) is 4.79. The fourth-order valence-corrected chi connectivity index (χ4v) is 4.79. The van der Waals surface area contributed by atoms with Crippen LogP contribution in [0.5, 0.6) is 0 Å². The number of morpholine rings is 1. The highest BCUT2D eigenvalue weighted by molar-refractivity contribution is 5.89. The largest absolute Gasteiger partial charge is 0.378 e. The van der Waals surface area contributed by atoms with Gasteiger partial charge in [-0.15, -0.1) is 0 Å². The molecule has 0 atom stereocenters. The highest BCUT2D eigenvalue weighted by Gasteiger charge is 2.20. The van der Waals surface area contributed by atoms with Crippen molar-refractivity contribution in [1.29, 1.82) is 0 Å². The molecule has 1 saturated heterocycles. The Kier molecular flexibility index (Phi) is 6.07. The van der Waals surface area contributed by atoms with Gasteiger partial charge in [-0.2, -0.15) is 5.10 Å². The van der Waals surface area contributed by atoms with Crippen molar-refractivity contribution >= 4 is 16.9 Å². The molecule has 0 amide bonds. The zero-order valence-corrected chi connectivity index (χ0v) is 21.9. The summed E-state index contributed by atoms with van der Waals surface area (Å²) in [7, 11) is 1.89. The Morgan fingerprint density at radius 3 is 2.34 bits per heavy atom. The highest BCUT2D eigenvalue weighted by Crippen LogP contribution is 2.33. The second-order valence-electron chi connectivity index (χ2n) is 9.72. The summed E-state index contributed by atoms with van der Waals surface area (Å²) in [5, 5.41) is 4.30. The molecule has 1 aliphatic heterocycles.